The van der Waals surface area contributed by atoms with Gasteiger partial charge in [0.1, 0.15) is 23.3 Å². The van der Waals surface area contributed by atoms with Gasteiger partial charge in [-0.2, -0.15) is 0 Å². The van der Waals surface area contributed by atoms with E-state index < -0.39 is 23.3 Å². The van der Waals surface area contributed by atoms with E-state index in [1.54, 1.807) is 24.3 Å². The molecule has 0 fully saturated rings. The normalized spacial score (nSPS) is 13.2. The van der Waals surface area contributed by atoms with E-state index in [9.17, 15) is 17.6 Å². The van der Waals surface area contributed by atoms with E-state index in [0.29, 0.717) is 22.3 Å². The van der Waals surface area contributed by atoms with Crippen molar-refractivity contribution in [3.63, 3.8) is 0 Å². The van der Waals surface area contributed by atoms with Crippen molar-refractivity contribution in [1.82, 2.24) is 0 Å². The average Bonchev–Trinajstić information content (AvgIpc) is 3.19. The van der Waals surface area contributed by atoms with Crippen molar-refractivity contribution in [1.29, 1.82) is 0 Å². The summed E-state index contributed by atoms with van der Waals surface area (Å²) in [5, 5.41) is 0. The molecule has 6 rings (SSSR count). The van der Waals surface area contributed by atoms with E-state index in [-0.39, 0.29) is 0 Å². The summed E-state index contributed by atoms with van der Waals surface area (Å²) in [6.45, 7) is 0. The molecule has 0 aliphatic heterocycles. The average molecular weight is 400 g/mol. The van der Waals surface area contributed by atoms with E-state index in [1.807, 2.05) is 0 Å². The minimum atomic E-state index is -0.411. The number of hydrogen-bond donors (Lipinski definition) is 0. The smallest absolute Gasteiger partial charge is 0.123 e. The molecule has 144 valence electrons. The summed E-state index contributed by atoms with van der Waals surface area (Å²) in [6, 6.07) is 17.8. The maximum atomic E-state index is 14.0. The molecular formula is C26H12F4. The highest BCUT2D eigenvalue weighted by molar-refractivity contribution is 6.18. The molecule has 0 spiro atoms. The maximum absolute atomic E-state index is 14.0. The molecule has 0 heterocycles. The molecule has 0 saturated carbocycles. The fraction of sp³-hybridized carbons (Fsp3) is 0. The van der Waals surface area contributed by atoms with Gasteiger partial charge >= 0.3 is 0 Å². The minimum Gasteiger partial charge on any atom is -0.207 e. The Morgan fingerprint density at radius 1 is 0.300 bits per heavy atom. The van der Waals surface area contributed by atoms with Crippen LogP contribution in [-0.4, -0.2) is 0 Å². The van der Waals surface area contributed by atoms with Crippen LogP contribution in [-0.2, 0) is 0 Å². The summed E-state index contributed by atoms with van der Waals surface area (Å²) in [7, 11) is 0. The standard InChI is InChI=1S/C26H12F4/c27-13-1-5-17-21(9-13)22-10-14(28)2-6-18(22)25(17)26-19-7-3-15(29)11-23(19)24-12-16(30)4-8-20(24)26/h1-12H. The lowest BCUT2D eigenvalue weighted by Crippen LogP contribution is -1.91. The first kappa shape index (κ1) is 17.2. The lowest BCUT2D eigenvalue weighted by atomic mass is 9.91. The van der Waals surface area contributed by atoms with Gasteiger partial charge in [0.15, 0.2) is 0 Å². The van der Waals surface area contributed by atoms with Crippen molar-refractivity contribution in [2.75, 3.05) is 0 Å². The summed E-state index contributed by atoms with van der Waals surface area (Å²) in [6.07, 6.45) is 0. The Bertz CT molecular complexity index is 1210. The second-order valence-corrected chi connectivity index (χ2v) is 7.51. The highest BCUT2D eigenvalue weighted by atomic mass is 19.1. The minimum absolute atomic E-state index is 0.411. The molecule has 2 aliphatic rings. The third-order valence-electron chi connectivity index (χ3n) is 5.83. The fourth-order valence-electron chi connectivity index (χ4n) is 4.66. The van der Waals surface area contributed by atoms with Crippen LogP contribution in [0.25, 0.3) is 33.4 Å². The third-order valence-corrected chi connectivity index (χ3v) is 5.83. The summed E-state index contributed by atoms with van der Waals surface area (Å²) in [4.78, 5) is 0. The van der Waals surface area contributed by atoms with Gasteiger partial charge in [0.2, 0.25) is 0 Å². The van der Waals surface area contributed by atoms with Gasteiger partial charge in [-0.05, 0) is 104 Å². The van der Waals surface area contributed by atoms with Gasteiger partial charge in [0.05, 0.1) is 0 Å². The number of benzene rings is 4. The molecule has 0 saturated heterocycles. The molecule has 0 nitrogen and oxygen atoms in total. The van der Waals surface area contributed by atoms with Crippen LogP contribution in [0.2, 0.25) is 0 Å². The summed E-state index contributed by atoms with van der Waals surface area (Å²) in [5.41, 5.74) is 7.07. The number of fused-ring (bicyclic) bond motifs is 6. The van der Waals surface area contributed by atoms with Crippen molar-refractivity contribution in [3.8, 4) is 22.3 Å². The zero-order chi connectivity index (χ0) is 20.6. The molecule has 2 aliphatic carbocycles. The second-order valence-electron chi connectivity index (χ2n) is 7.51. The Balaban J connectivity index is 1.79. The SMILES string of the molecule is Fc1ccc2c(c1)-c1cc(F)ccc1C2=C1c2ccc(F)cc2-c2cc(F)ccc21. The van der Waals surface area contributed by atoms with Crippen molar-refractivity contribution < 1.29 is 17.6 Å². The molecule has 0 atom stereocenters. The molecule has 4 aromatic rings. The highest BCUT2D eigenvalue weighted by Gasteiger charge is 2.33. The van der Waals surface area contributed by atoms with Crippen LogP contribution >= 0.6 is 0 Å². The van der Waals surface area contributed by atoms with E-state index >= 15 is 0 Å². The van der Waals surface area contributed by atoms with E-state index in [2.05, 4.69) is 0 Å². The van der Waals surface area contributed by atoms with Crippen molar-refractivity contribution in [3.05, 3.63) is 118 Å². The number of halogens is 4. The lowest BCUT2D eigenvalue weighted by Gasteiger charge is -2.11. The van der Waals surface area contributed by atoms with Crippen LogP contribution in [0.4, 0.5) is 17.6 Å². The molecule has 0 aromatic heterocycles. The van der Waals surface area contributed by atoms with Crippen molar-refractivity contribution in [2.45, 2.75) is 0 Å². The van der Waals surface area contributed by atoms with Gasteiger partial charge in [-0.15, -0.1) is 0 Å². The highest BCUT2D eigenvalue weighted by Crippen LogP contribution is 2.54. The first-order chi connectivity index (χ1) is 14.5. The van der Waals surface area contributed by atoms with Crippen LogP contribution in [0.15, 0.2) is 72.8 Å². The first-order valence-corrected chi connectivity index (χ1v) is 9.46. The molecule has 4 aromatic carbocycles. The Hall–Kier alpha value is -3.66. The molecule has 0 unspecified atom stereocenters. The molecule has 0 N–H and O–H groups in total. The van der Waals surface area contributed by atoms with Crippen LogP contribution in [0, 0.1) is 23.3 Å². The molecule has 4 heteroatoms. The zero-order valence-electron chi connectivity index (χ0n) is 15.4. The lowest BCUT2D eigenvalue weighted by molar-refractivity contribution is 0.626. The fourth-order valence-corrected chi connectivity index (χ4v) is 4.66. The van der Waals surface area contributed by atoms with Crippen molar-refractivity contribution >= 4 is 11.1 Å². The van der Waals surface area contributed by atoms with Gasteiger partial charge in [0, 0.05) is 0 Å². The van der Waals surface area contributed by atoms with E-state index in [1.165, 1.54) is 48.5 Å². The van der Waals surface area contributed by atoms with Gasteiger partial charge in [-0.1, -0.05) is 24.3 Å². The molecular weight excluding hydrogens is 388 g/mol. The predicted octanol–water partition coefficient (Wildman–Crippen LogP) is 7.21. The van der Waals surface area contributed by atoms with Crippen LogP contribution in [0.1, 0.15) is 22.3 Å². The maximum Gasteiger partial charge on any atom is 0.123 e. The first-order valence-electron chi connectivity index (χ1n) is 9.46. The van der Waals surface area contributed by atoms with Gasteiger partial charge < -0.3 is 0 Å². The summed E-state index contributed by atoms with van der Waals surface area (Å²) >= 11 is 0. The summed E-state index contributed by atoms with van der Waals surface area (Å²) < 4.78 is 56.1. The van der Waals surface area contributed by atoms with E-state index in [4.69, 9.17) is 0 Å². The Kier molecular flexibility index (Phi) is 3.40. The van der Waals surface area contributed by atoms with Crippen LogP contribution < -0.4 is 0 Å². The van der Waals surface area contributed by atoms with Gasteiger partial charge in [0.25, 0.3) is 0 Å². The molecule has 0 amide bonds. The third kappa shape index (κ3) is 2.28. The van der Waals surface area contributed by atoms with Gasteiger partial charge in [-0.25, -0.2) is 17.6 Å². The summed E-state index contributed by atoms with van der Waals surface area (Å²) in [5.74, 6) is -1.64. The molecule has 0 bridgehead atoms. The molecule has 0 radical (unpaired) electrons. The largest absolute Gasteiger partial charge is 0.207 e. The Labute approximate surface area is 169 Å². The van der Waals surface area contributed by atoms with Gasteiger partial charge in [-0.3, -0.25) is 0 Å². The number of hydrogen-bond acceptors (Lipinski definition) is 0. The Morgan fingerprint density at radius 2 is 0.533 bits per heavy atom. The van der Waals surface area contributed by atoms with E-state index in [0.717, 1.165) is 33.4 Å². The van der Waals surface area contributed by atoms with Crippen molar-refractivity contribution in [2.24, 2.45) is 0 Å². The molecule has 30 heavy (non-hydrogen) atoms. The zero-order valence-corrected chi connectivity index (χ0v) is 15.4. The van der Waals surface area contributed by atoms with Crippen LogP contribution in [0.5, 0.6) is 0 Å². The quantitative estimate of drug-likeness (QED) is 0.236. The predicted molar refractivity (Wildman–Crippen MR) is 109 cm³/mol. The monoisotopic (exact) mass is 400 g/mol. The topological polar surface area (TPSA) is 0 Å². The second kappa shape index (κ2) is 5.92. The number of rotatable bonds is 0. The Morgan fingerprint density at radius 3 is 0.767 bits per heavy atom. The van der Waals surface area contributed by atoms with Crippen LogP contribution in [0.3, 0.4) is 0 Å².